The average Bonchev–Trinajstić information content (AvgIpc) is 2.86. The smallest absolute Gasteiger partial charge is 0.264 e. The van der Waals surface area contributed by atoms with Crippen LogP contribution in [0.3, 0.4) is 0 Å². The second kappa shape index (κ2) is 6.24. The molecule has 0 spiro atoms. The predicted molar refractivity (Wildman–Crippen MR) is 74.8 cm³/mol. The lowest BCUT2D eigenvalue weighted by Crippen LogP contribution is -2.01. The standard InChI is InChI=1S/C14H17ClN2O3/c1-8(2)14-16-13(20-17-14)7-19-12-5-4-10(15)6-11(12)9(3)18/h4-6,8-9,18H,7H2,1-3H3. The van der Waals surface area contributed by atoms with E-state index >= 15 is 0 Å². The number of hydrogen-bond donors (Lipinski definition) is 1. The Morgan fingerprint density at radius 1 is 1.35 bits per heavy atom. The molecule has 0 bridgehead atoms. The van der Waals surface area contributed by atoms with E-state index < -0.39 is 6.10 Å². The molecule has 20 heavy (non-hydrogen) atoms. The van der Waals surface area contributed by atoms with E-state index in [9.17, 15) is 5.11 Å². The van der Waals surface area contributed by atoms with Gasteiger partial charge in [-0.15, -0.1) is 0 Å². The Labute approximate surface area is 122 Å². The molecule has 0 aliphatic carbocycles. The van der Waals surface area contributed by atoms with Crippen LogP contribution in [0.15, 0.2) is 22.7 Å². The Bertz CT molecular complexity index is 582. The van der Waals surface area contributed by atoms with Gasteiger partial charge in [0.25, 0.3) is 5.89 Å². The van der Waals surface area contributed by atoms with Gasteiger partial charge in [0.1, 0.15) is 5.75 Å². The van der Waals surface area contributed by atoms with Crippen molar-refractivity contribution in [3.8, 4) is 5.75 Å². The summed E-state index contributed by atoms with van der Waals surface area (Å²) in [6.07, 6.45) is -0.669. The zero-order valence-corrected chi connectivity index (χ0v) is 12.4. The molecule has 2 aromatic rings. The lowest BCUT2D eigenvalue weighted by atomic mass is 10.1. The van der Waals surface area contributed by atoms with Crippen molar-refractivity contribution in [2.75, 3.05) is 0 Å². The Morgan fingerprint density at radius 2 is 2.10 bits per heavy atom. The first-order valence-corrected chi connectivity index (χ1v) is 6.78. The number of rotatable bonds is 5. The molecule has 0 saturated heterocycles. The molecule has 1 atom stereocenters. The SMILES string of the molecule is CC(C)c1noc(COc2ccc(Cl)cc2C(C)O)n1. The summed E-state index contributed by atoms with van der Waals surface area (Å²) in [7, 11) is 0. The summed E-state index contributed by atoms with van der Waals surface area (Å²) in [5.41, 5.74) is 0.626. The third-order valence-electron chi connectivity index (χ3n) is 2.77. The van der Waals surface area contributed by atoms with Crippen LogP contribution in [0.25, 0.3) is 0 Å². The van der Waals surface area contributed by atoms with Crippen molar-refractivity contribution >= 4 is 11.6 Å². The molecule has 1 aromatic carbocycles. The number of halogens is 1. The molecule has 0 amide bonds. The van der Waals surface area contributed by atoms with Crippen LogP contribution < -0.4 is 4.74 Å². The molecule has 0 radical (unpaired) electrons. The minimum absolute atomic E-state index is 0.154. The zero-order valence-electron chi connectivity index (χ0n) is 11.6. The summed E-state index contributed by atoms with van der Waals surface area (Å²) in [5.74, 6) is 1.81. The molecular formula is C14H17ClN2O3. The van der Waals surface area contributed by atoms with Gasteiger partial charge in [0, 0.05) is 16.5 Å². The van der Waals surface area contributed by atoms with Crippen LogP contribution in [-0.4, -0.2) is 15.2 Å². The van der Waals surface area contributed by atoms with Crippen molar-refractivity contribution in [1.82, 2.24) is 10.1 Å². The maximum atomic E-state index is 9.71. The fourth-order valence-electron chi connectivity index (χ4n) is 1.68. The summed E-state index contributed by atoms with van der Waals surface area (Å²) in [6, 6.07) is 5.09. The maximum absolute atomic E-state index is 9.71. The molecule has 1 heterocycles. The Kier molecular flexibility index (Phi) is 4.62. The van der Waals surface area contributed by atoms with Gasteiger partial charge in [-0.3, -0.25) is 0 Å². The van der Waals surface area contributed by atoms with Crippen LogP contribution in [0.1, 0.15) is 50.1 Å². The molecule has 0 aliphatic heterocycles. The van der Waals surface area contributed by atoms with E-state index in [0.717, 1.165) is 0 Å². The predicted octanol–water partition coefficient (Wildman–Crippen LogP) is 3.48. The van der Waals surface area contributed by atoms with Crippen LogP contribution >= 0.6 is 11.6 Å². The summed E-state index contributed by atoms with van der Waals surface area (Å²) in [6.45, 7) is 5.78. The molecule has 0 fully saturated rings. The van der Waals surface area contributed by atoms with Crippen molar-refractivity contribution in [3.05, 3.63) is 40.5 Å². The first kappa shape index (κ1) is 14.8. The number of aromatic nitrogens is 2. The Morgan fingerprint density at radius 3 is 2.70 bits per heavy atom. The van der Waals surface area contributed by atoms with E-state index in [1.165, 1.54) is 0 Å². The molecule has 0 saturated carbocycles. The van der Waals surface area contributed by atoms with Crippen molar-refractivity contribution in [2.24, 2.45) is 0 Å². The number of benzene rings is 1. The molecule has 1 N–H and O–H groups in total. The highest BCUT2D eigenvalue weighted by Gasteiger charge is 2.13. The molecule has 2 rings (SSSR count). The molecule has 0 aliphatic rings. The zero-order chi connectivity index (χ0) is 14.7. The molecule has 5 nitrogen and oxygen atoms in total. The fraction of sp³-hybridized carbons (Fsp3) is 0.429. The van der Waals surface area contributed by atoms with Gasteiger partial charge in [0.2, 0.25) is 0 Å². The molecule has 6 heteroatoms. The van der Waals surface area contributed by atoms with E-state index in [1.807, 2.05) is 13.8 Å². The van der Waals surface area contributed by atoms with Crippen LogP contribution in [-0.2, 0) is 6.61 Å². The van der Waals surface area contributed by atoms with E-state index in [0.29, 0.717) is 28.1 Å². The number of ether oxygens (including phenoxy) is 1. The topological polar surface area (TPSA) is 68.4 Å². The lowest BCUT2D eigenvalue weighted by molar-refractivity contribution is 0.185. The van der Waals surface area contributed by atoms with Gasteiger partial charge in [-0.05, 0) is 25.1 Å². The van der Waals surface area contributed by atoms with Gasteiger partial charge in [0.15, 0.2) is 12.4 Å². The van der Waals surface area contributed by atoms with Crippen molar-refractivity contribution in [3.63, 3.8) is 0 Å². The second-order valence-electron chi connectivity index (χ2n) is 4.85. The van der Waals surface area contributed by atoms with Crippen molar-refractivity contribution < 1.29 is 14.4 Å². The lowest BCUT2D eigenvalue weighted by Gasteiger charge is -2.12. The van der Waals surface area contributed by atoms with Crippen LogP contribution in [0.2, 0.25) is 5.02 Å². The summed E-state index contributed by atoms with van der Waals surface area (Å²) in [4.78, 5) is 4.23. The number of nitrogens with zero attached hydrogens (tertiary/aromatic N) is 2. The molecule has 108 valence electrons. The number of hydrogen-bond acceptors (Lipinski definition) is 5. The summed E-state index contributed by atoms with van der Waals surface area (Å²) < 4.78 is 10.7. The first-order valence-electron chi connectivity index (χ1n) is 6.40. The van der Waals surface area contributed by atoms with Crippen molar-refractivity contribution in [2.45, 2.75) is 39.4 Å². The van der Waals surface area contributed by atoms with Gasteiger partial charge >= 0.3 is 0 Å². The first-order chi connectivity index (χ1) is 9.47. The molecular weight excluding hydrogens is 280 g/mol. The van der Waals surface area contributed by atoms with Gasteiger partial charge in [-0.2, -0.15) is 4.98 Å². The molecule has 1 unspecified atom stereocenters. The average molecular weight is 297 g/mol. The van der Waals surface area contributed by atoms with Crippen LogP contribution in [0.5, 0.6) is 5.75 Å². The van der Waals surface area contributed by atoms with Gasteiger partial charge in [-0.25, -0.2) is 0 Å². The normalized spacial score (nSPS) is 12.7. The highest BCUT2D eigenvalue weighted by molar-refractivity contribution is 6.30. The Hall–Kier alpha value is -1.59. The highest BCUT2D eigenvalue weighted by Crippen LogP contribution is 2.28. The van der Waals surface area contributed by atoms with E-state index in [2.05, 4.69) is 10.1 Å². The van der Waals surface area contributed by atoms with Gasteiger partial charge in [-0.1, -0.05) is 30.6 Å². The molecule has 1 aromatic heterocycles. The Balaban J connectivity index is 2.10. The fourth-order valence-corrected chi connectivity index (χ4v) is 1.86. The van der Waals surface area contributed by atoms with E-state index in [-0.39, 0.29) is 12.5 Å². The third-order valence-corrected chi connectivity index (χ3v) is 3.01. The highest BCUT2D eigenvalue weighted by atomic mass is 35.5. The summed E-state index contributed by atoms with van der Waals surface area (Å²) in [5, 5.41) is 14.1. The maximum Gasteiger partial charge on any atom is 0.264 e. The largest absolute Gasteiger partial charge is 0.483 e. The minimum Gasteiger partial charge on any atom is -0.483 e. The second-order valence-corrected chi connectivity index (χ2v) is 5.28. The van der Waals surface area contributed by atoms with E-state index in [1.54, 1.807) is 25.1 Å². The quantitative estimate of drug-likeness (QED) is 0.915. The van der Waals surface area contributed by atoms with Crippen LogP contribution in [0.4, 0.5) is 0 Å². The van der Waals surface area contributed by atoms with Crippen molar-refractivity contribution in [1.29, 1.82) is 0 Å². The van der Waals surface area contributed by atoms with Crippen LogP contribution in [0, 0.1) is 0 Å². The minimum atomic E-state index is -0.669. The summed E-state index contributed by atoms with van der Waals surface area (Å²) >= 11 is 5.91. The number of aliphatic hydroxyl groups is 1. The van der Waals surface area contributed by atoms with Gasteiger partial charge in [0.05, 0.1) is 6.10 Å². The third kappa shape index (κ3) is 3.49. The monoisotopic (exact) mass is 296 g/mol. The van der Waals surface area contributed by atoms with E-state index in [4.69, 9.17) is 20.9 Å². The van der Waals surface area contributed by atoms with Gasteiger partial charge < -0.3 is 14.4 Å². The number of aliphatic hydroxyl groups excluding tert-OH is 1.